The summed E-state index contributed by atoms with van der Waals surface area (Å²) in [6, 6.07) is 11.7. The molecule has 1 aliphatic heterocycles. The molecule has 0 aliphatic carbocycles. The predicted molar refractivity (Wildman–Crippen MR) is 89.4 cm³/mol. The monoisotopic (exact) mass is 337 g/mol. The average molecular weight is 338 g/mol. The number of ether oxygens (including phenoxy) is 1. The van der Waals surface area contributed by atoms with Gasteiger partial charge in [-0.25, -0.2) is 4.98 Å². The van der Waals surface area contributed by atoms with Crippen LogP contribution in [0.3, 0.4) is 0 Å². The Labute approximate surface area is 142 Å². The number of nitrogens with one attached hydrogen (secondary N) is 1. The van der Waals surface area contributed by atoms with Gasteiger partial charge in [-0.15, -0.1) is 5.10 Å². The molecule has 3 aromatic rings. The molecule has 7 heteroatoms. The highest BCUT2D eigenvalue weighted by molar-refractivity contribution is 6.30. The van der Waals surface area contributed by atoms with E-state index in [0.717, 1.165) is 22.2 Å². The first-order chi connectivity index (χ1) is 11.6. The van der Waals surface area contributed by atoms with Crippen LogP contribution in [0.15, 0.2) is 41.8 Å². The van der Waals surface area contributed by atoms with E-state index in [1.165, 1.54) is 0 Å². The Balaban J connectivity index is 2.02. The van der Waals surface area contributed by atoms with Gasteiger partial charge in [0.25, 0.3) is 0 Å². The van der Waals surface area contributed by atoms with Gasteiger partial charge in [0.05, 0.1) is 11.4 Å². The minimum atomic E-state index is -0.470. The maximum atomic E-state index is 9.59. The maximum absolute atomic E-state index is 9.59. The summed E-state index contributed by atoms with van der Waals surface area (Å²) in [5.74, 6) is -0.0777. The van der Waals surface area contributed by atoms with E-state index in [2.05, 4.69) is 21.3 Å². The molecule has 0 amide bonds. The van der Waals surface area contributed by atoms with Gasteiger partial charge in [-0.2, -0.15) is 5.26 Å². The van der Waals surface area contributed by atoms with Gasteiger partial charge in [-0.1, -0.05) is 29.8 Å². The number of benzene rings is 1. The lowest BCUT2D eigenvalue weighted by molar-refractivity contribution is 0.379. The fourth-order valence-electron chi connectivity index (χ4n) is 3.02. The molecule has 2 aromatic heterocycles. The summed E-state index contributed by atoms with van der Waals surface area (Å²) in [4.78, 5) is 4.45. The van der Waals surface area contributed by atoms with Gasteiger partial charge in [0.2, 0.25) is 11.8 Å². The van der Waals surface area contributed by atoms with Crippen LogP contribution < -0.4 is 10.5 Å². The fourth-order valence-corrected chi connectivity index (χ4v) is 3.28. The van der Waals surface area contributed by atoms with Crippen molar-refractivity contribution in [3.05, 3.63) is 63.8 Å². The molecule has 1 atom stereocenters. The number of nitriles is 1. The number of aromatic amines is 1. The van der Waals surface area contributed by atoms with Gasteiger partial charge >= 0.3 is 0 Å². The van der Waals surface area contributed by atoms with Crippen molar-refractivity contribution >= 4 is 22.5 Å². The third-order valence-electron chi connectivity index (χ3n) is 4.15. The van der Waals surface area contributed by atoms with Gasteiger partial charge in [-0.05, 0) is 19.1 Å². The molecule has 0 bridgehead atoms. The van der Waals surface area contributed by atoms with Gasteiger partial charge in [0.15, 0.2) is 0 Å². The molecule has 1 aromatic carbocycles. The lowest BCUT2D eigenvalue weighted by Crippen LogP contribution is -2.21. The first kappa shape index (κ1) is 14.5. The molecular formula is C17H12ClN5O. The molecule has 1 unspecified atom stereocenters. The fraction of sp³-hybridized carbons (Fsp3) is 0.118. The molecule has 0 fully saturated rings. The van der Waals surface area contributed by atoms with E-state index in [-0.39, 0.29) is 5.88 Å². The lowest BCUT2D eigenvalue weighted by atomic mass is 9.84. The molecule has 6 nitrogen and oxygen atoms in total. The average Bonchev–Trinajstić information content (AvgIpc) is 2.93. The number of hydrogen-bond acceptors (Lipinski definition) is 5. The van der Waals surface area contributed by atoms with Crippen LogP contribution in [-0.4, -0.2) is 15.2 Å². The van der Waals surface area contributed by atoms with E-state index in [1.807, 2.05) is 37.3 Å². The number of pyridine rings is 1. The Hall–Kier alpha value is -3.04. The number of fused-ring (bicyclic) bond motifs is 2. The highest BCUT2D eigenvalue weighted by Crippen LogP contribution is 2.44. The number of para-hydroxylation sites is 1. The van der Waals surface area contributed by atoms with Crippen molar-refractivity contribution in [2.75, 3.05) is 0 Å². The first-order valence-electron chi connectivity index (χ1n) is 7.27. The van der Waals surface area contributed by atoms with E-state index in [0.29, 0.717) is 22.2 Å². The standard InChI is InChI=1S/C17H12ClN5O/c1-8-13-14(11(7-19)16(20)24-17(13)23-22-8)10-6-9-4-2-3-5-12(9)21-15(10)18/h2-6,14H,20H2,1H3,(H,22,23). The number of aromatic nitrogens is 3. The molecule has 3 heterocycles. The molecule has 118 valence electrons. The summed E-state index contributed by atoms with van der Waals surface area (Å²) in [7, 11) is 0. The Morgan fingerprint density at radius 3 is 2.96 bits per heavy atom. The van der Waals surface area contributed by atoms with Crippen molar-refractivity contribution in [2.24, 2.45) is 5.73 Å². The number of hydrogen-bond donors (Lipinski definition) is 2. The second-order valence-electron chi connectivity index (χ2n) is 5.55. The van der Waals surface area contributed by atoms with Gasteiger partial charge in [0.1, 0.15) is 16.8 Å². The van der Waals surface area contributed by atoms with Crippen LogP contribution in [0, 0.1) is 18.3 Å². The number of aryl methyl sites for hydroxylation is 1. The summed E-state index contributed by atoms with van der Waals surface area (Å²) < 4.78 is 5.46. The molecule has 0 saturated carbocycles. The van der Waals surface area contributed by atoms with Crippen LogP contribution in [0.5, 0.6) is 5.88 Å². The van der Waals surface area contributed by atoms with Crippen LogP contribution in [0.2, 0.25) is 5.15 Å². The number of allylic oxidation sites excluding steroid dienone is 1. The summed E-state index contributed by atoms with van der Waals surface area (Å²) in [6.07, 6.45) is 0. The number of nitrogens with two attached hydrogens (primary N) is 1. The van der Waals surface area contributed by atoms with Crippen molar-refractivity contribution in [2.45, 2.75) is 12.8 Å². The van der Waals surface area contributed by atoms with E-state index < -0.39 is 5.92 Å². The minimum absolute atomic E-state index is 0.0331. The maximum Gasteiger partial charge on any atom is 0.244 e. The highest BCUT2D eigenvalue weighted by Gasteiger charge is 2.35. The molecule has 0 saturated heterocycles. The Kier molecular flexibility index (Phi) is 3.18. The van der Waals surface area contributed by atoms with Crippen molar-refractivity contribution in [1.29, 1.82) is 5.26 Å². The second kappa shape index (κ2) is 5.25. The number of rotatable bonds is 1. The quantitative estimate of drug-likeness (QED) is 0.664. The van der Waals surface area contributed by atoms with E-state index in [1.54, 1.807) is 0 Å². The highest BCUT2D eigenvalue weighted by atomic mass is 35.5. The summed E-state index contributed by atoms with van der Waals surface area (Å²) >= 11 is 6.44. The predicted octanol–water partition coefficient (Wildman–Crippen LogP) is 3.14. The summed E-state index contributed by atoms with van der Waals surface area (Å²) in [5, 5.41) is 17.8. The summed E-state index contributed by atoms with van der Waals surface area (Å²) in [6.45, 7) is 1.86. The van der Waals surface area contributed by atoms with Gasteiger partial charge < -0.3 is 10.5 Å². The van der Waals surface area contributed by atoms with Crippen LogP contribution >= 0.6 is 11.6 Å². The second-order valence-corrected chi connectivity index (χ2v) is 5.91. The van der Waals surface area contributed by atoms with Crippen LogP contribution in [0.25, 0.3) is 10.9 Å². The third-order valence-corrected chi connectivity index (χ3v) is 4.45. The number of nitrogens with zero attached hydrogens (tertiary/aromatic N) is 3. The zero-order valence-corrected chi connectivity index (χ0v) is 13.4. The largest absolute Gasteiger partial charge is 0.420 e. The zero-order valence-electron chi connectivity index (χ0n) is 12.7. The normalized spacial score (nSPS) is 16.6. The van der Waals surface area contributed by atoms with E-state index in [4.69, 9.17) is 22.1 Å². The Morgan fingerprint density at radius 2 is 2.17 bits per heavy atom. The topological polar surface area (TPSA) is 101 Å². The molecule has 0 radical (unpaired) electrons. The number of H-pyrrole nitrogens is 1. The molecule has 3 N–H and O–H groups in total. The lowest BCUT2D eigenvalue weighted by Gasteiger charge is -2.24. The zero-order chi connectivity index (χ0) is 16.8. The van der Waals surface area contributed by atoms with Gasteiger partial charge in [-0.3, -0.25) is 5.10 Å². The van der Waals surface area contributed by atoms with Crippen LogP contribution in [0.1, 0.15) is 22.7 Å². The Bertz CT molecular complexity index is 1050. The van der Waals surface area contributed by atoms with Crippen molar-refractivity contribution < 1.29 is 4.74 Å². The SMILES string of the molecule is Cc1[nH]nc2c1C(c1cc3ccccc3nc1Cl)C(C#N)=C(N)O2. The molecule has 0 spiro atoms. The van der Waals surface area contributed by atoms with Crippen molar-refractivity contribution in [3.63, 3.8) is 0 Å². The molecular weight excluding hydrogens is 326 g/mol. The molecule has 24 heavy (non-hydrogen) atoms. The van der Waals surface area contributed by atoms with E-state index >= 15 is 0 Å². The summed E-state index contributed by atoms with van der Waals surface area (Å²) in [5.41, 5.74) is 9.25. The van der Waals surface area contributed by atoms with Crippen molar-refractivity contribution in [3.8, 4) is 11.9 Å². The van der Waals surface area contributed by atoms with Crippen LogP contribution in [-0.2, 0) is 0 Å². The Morgan fingerprint density at radius 1 is 1.38 bits per heavy atom. The van der Waals surface area contributed by atoms with E-state index in [9.17, 15) is 5.26 Å². The number of halogens is 1. The smallest absolute Gasteiger partial charge is 0.244 e. The van der Waals surface area contributed by atoms with Crippen LogP contribution in [0.4, 0.5) is 0 Å². The third kappa shape index (κ3) is 2.02. The first-order valence-corrected chi connectivity index (χ1v) is 7.65. The molecule has 1 aliphatic rings. The van der Waals surface area contributed by atoms with Crippen molar-refractivity contribution in [1.82, 2.24) is 15.2 Å². The molecule has 4 rings (SSSR count). The minimum Gasteiger partial charge on any atom is -0.420 e. The van der Waals surface area contributed by atoms with Gasteiger partial charge in [0, 0.05) is 22.2 Å².